The van der Waals surface area contributed by atoms with Crippen molar-refractivity contribution in [1.82, 2.24) is 10.6 Å². The van der Waals surface area contributed by atoms with Crippen LogP contribution >= 0.6 is 0 Å². The highest BCUT2D eigenvalue weighted by atomic mass is 16.5. The summed E-state index contributed by atoms with van der Waals surface area (Å²) in [6.07, 6.45) is 3.56. The minimum Gasteiger partial charge on any atom is -0.497 e. The summed E-state index contributed by atoms with van der Waals surface area (Å²) >= 11 is 0. The number of hydrogen-bond acceptors (Lipinski definition) is 5. The van der Waals surface area contributed by atoms with Crippen LogP contribution in [0.2, 0.25) is 0 Å². The number of rotatable bonds is 6. The van der Waals surface area contributed by atoms with Gasteiger partial charge in [-0.25, -0.2) is 0 Å². The Morgan fingerprint density at radius 2 is 1.91 bits per heavy atom. The lowest BCUT2D eigenvalue weighted by atomic mass is 9.89. The van der Waals surface area contributed by atoms with Crippen LogP contribution in [0, 0.1) is 6.92 Å². The van der Waals surface area contributed by atoms with Gasteiger partial charge in [0.1, 0.15) is 28.6 Å². The van der Waals surface area contributed by atoms with Gasteiger partial charge < -0.3 is 24.5 Å². The number of furan rings is 1. The zero-order valence-corrected chi connectivity index (χ0v) is 19.7. The molecule has 7 heteroatoms. The van der Waals surface area contributed by atoms with Gasteiger partial charge in [0.25, 0.3) is 11.8 Å². The average molecular weight is 461 g/mol. The SMILES string of the molecule is COc1ccc2c(c1)C(NC(=O)/C(=C/c1ccco1)NC(=O)c1ccccc1C)CC(C)(C)O2. The van der Waals surface area contributed by atoms with E-state index in [-0.39, 0.29) is 17.6 Å². The fraction of sp³-hybridized carbons (Fsp3) is 0.259. The number of methoxy groups -OCH3 is 1. The van der Waals surface area contributed by atoms with Gasteiger partial charge in [0.15, 0.2) is 0 Å². The van der Waals surface area contributed by atoms with Crippen LogP contribution in [-0.2, 0) is 4.79 Å². The van der Waals surface area contributed by atoms with Crippen LogP contribution in [0.5, 0.6) is 11.5 Å². The Labute approximate surface area is 198 Å². The van der Waals surface area contributed by atoms with Crippen molar-refractivity contribution in [2.45, 2.75) is 38.8 Å². The minimum absolute atomic E-state index is 0.0805. The van der Waals surface area contributed by atoms with Gasteiger partial charge in [0.2, 0.25) is 0 Å². The van der Waals surface area contributed by atoms with Crippen LogP contribution in [0.25, 0.3) is 6.08 Å². The van der Waals surface area contributed by atoms with E-state index in [9.17, 15) is 9.59 Å². The summed E-state index contributed by atoms with van der Waals surface area (Å²) < 4.78 is 16.9. The molecule has 34 heavy (non-hydrogen) atoms. The van der Waals surface area contributed by atoms with Crippen LogP contribution in [-0.4, -0.2) is 24.5 Å². The van der Waals surface area contributed by atoms with E-state index in [1.54, 1.807) is 31.4 Å². The van der Waals surface area contributed by atoms with Crippen molar-refractivity contribution in [3.05, 3.63) is 89.0 Å². The zero-order valence-electron chi connectivity index (χ0n) is 19.7. The molecule has 7 nitrogen and oxygen atoms in total. The molecule has 1 aliphatic rings. The maximum Gasteiger partial charge on any atom is 0.268 e. The van der Waals surface area contributed by atoms with Crippen molar-refractivity contribution < 1.29 is 23.5 Å². The van der Waals surface area contributed by atoms with E-state index in [0.29, 0.717) is 29.2 Å². The number of fused-ring (bicyclic) bond motifs is 1. The van der Waals surface area contributed by atoms with Gasteiger partial charge in [-0.05, 0) is 62.7 Å². The Morgan fingerprint density at radius 1 is 1.12 bits per heavy atom. The number of aryl methyl sites for hydroxylation is 1. The molecular weight excluding hydrogens is 432 g/mol. The molecule has 4 rings (SSSR count). The van der Waals surface area contributed by atoms with Gasteiger partial charge in [-0.1, -0.05) is 18.2 Å². The second-order valence-corrected chi connectivity index (χ2v) is 8.84. The number of nitrogens with one attached hydrogen (secondary N) is 2. The zero-order chi connectivity index (χ0) is 24.3. The fourth-order valence-electron chi connectivity index (χ4n) is 4.02. The summed E-state index contributed by atoms with van der Waals surface area (Å²) in [6, 6.07) is 15.8. The number of carbonyl (C=O) groups is 2. The lowest BCUT2D eigenvalue weighted by Crippen LogP contribution is -2.43. The highest BCUT2D eigenvalue weighted by Crippen LogP contribution is 2.41. The minimum atomic E-state index is -0.491. The molecule has 0 saturated carbocycles. The van der Waals surface area contributed by atoms with E-state index in [1.807, 2.05) is 51.1 Å². The molecule has 0 fully saturated rings. The van der Waals surface area contributed by atoms with E-state index < -0.39 is 11.5 Å². The highest BCUT2D eigenvalue weighted by Gasteiger charge is 2.35. The van der Waals surface area contributed by atoms with E-state index in [0.717, 1.165) is 11.1 Å². The first-order valence-corrected chi connectivity index (χ1v) is 11.1. The van der Waals surface area contributed by atoms with Crippen molar-refractivity contribution in [1.29, 1.82) is 0 Å². The smallest absolute Gasteiger partial charge is 0.268 e. The van der Waals surface area contributed by atoms with Crippen LogP contribution in [0.3, 0.4) is 0 Å². The summed E-state index contributed by atoms with van der Waals surface area (Å²) in [6.45, 7) is 5.79. The molecule has 0 bridgehead atoms. The number of amides is 2. The summed E-state index contributed by atoms with van der Waals surface area (Å²) in [7, 11) is 1.59. The second kappa shape index (κ2) is 9.47. The molecule has 1 atom stereocenters. The lowest BCUT2D eigenvalue weighted by molar-refractivity contribution is -0.119. The Bertz CT molecular complexity index is 1230. The first-order chi connectivity index (χ1) is 16.3. The van der Waals surface area contributed by atoms with Crippen LogP contribution in [0.4, 0.5) is 0 Å². The molecule has 2 aromatic carbocycles. The van der Waals surface area contributed by atoms with E-state index in [2.05, 4.69) is 10.6 Å². The molecule has 1 aromatic heterocycles. The Hall–Kier alpha value is -4.00. The maximum absolute atomic E-state index is 13.5. The van der Waals surface area contributed by atoms with E-state index >= 15 is 0 Å². The Morgan fingerprint density at radius 3 is 2.62 bits per heavy atom. The Balaban J connectivity index is 1.64. The third-order valence-electron chi connectivity index (χ3n) is 5.69. The average Bonchev–Trinajstić information content (AvgIpc) is 3.31. The monoisotopic (exact) mass is 460 g/mol. The number of ether oxygens (including phenoxy) is 2. The van der Waals surface area contributed by atoms with Crippen LogP contribution in [0.15, 0.2) is 71.0 Å². The lowest BCUT2D eigenvalue weighted by Gasteiger charge is -2.38. The predicted molar refractivity (Wildman–Crippen MR) is 129 cm³/mol. The van der Waals surface area contributed by atoms with Crippen LogP contribution in [0.1, 0.15) is 53.6 Å². The molecule has 0 saturated heterocycles. The van der Waals surface area contributed by atoms with Crippen molar-refractivity contribution in [2.24, 2.45) is 0 Å². The van der Waals surface area contributed by atoms with E-state index in [4.69, 9.17) is 13.9 Å². The molecule has 2 amide bonds. The van der Waals surface area contributed by atoms with E-state index in [1.165, 1.54) is 12.3 Å². The molecule has 3 aromatic rings. The van der Waals surface area contributed by atoms with Gasteiger partial charge in [0.05, 0.1) is 19.4 Å². The first kappa shape index (κ1) is 23.2. The summed E-state index contributed by atoms with van der Waals surface area (Å²) in [5, 5.41) is 5.83. The number of benzene rings is 2. The molecule has 2 N–H and O–H groups in total. The molecule has 2 heterocycles. The summed E-state index contributed by atoms with van der Waals surface area (Å²) in [4.78, 5) is 26.4. The standard InChI is InChI=1S/C27H28N2O5/c1-17-8-5-6-10-20(17)25(30)28-22(15-19-9-7-13-33-19)26(31)29-23-16-27(2,3)34-24-12-11-18(32-4)14-21(23)24/h5-15,23H,16H2,1-4H3,(H,28,30)(H,29,31)/b22-15-. The largest absolute Gasteiger partial charge is 0.497 e. The third kappa shape index (κ3) is 5.14. The van der Waals surface area contributed by atoms with Gasteiger partial charge in [-0.3, -0.25) is 9.59 Å². The van der Waals surface area contributed by atoms with Crippen molar-refractivity contribution >= 4 is 17.9 Å². The quantitative estimate of drug-likeness (QED) is 0.517. The van der Waals surface area contributed by atoms with Gasteiger partial charge in [0, 0.05) is 23.6 Å². The second-order valence-electron chi connectivity index (χ2n) is 8.84. The van der Waals surface area contributed by atoms with Gasteiger partial charge in [-0.15, -0.1) is 0 Å². The van der Waals surface area contributed by atoms with Crippen molar-refractivity contribution in [2.75, 3.05) is 7.11 Å². The molecule has 0 aliphatic carbocycles. The number of carbonyl (C=O) groups excluding carboxylic acids is 2. The molecular formula is C27H28N2O5. The van der Waals surface area contributed by atoms with Crippen molar-refractivity contribution in [3.8, 4) is 11.5 Å². The fourth-order valence-corrected chi connectivity index (χ4v) is 4.02. The van der Waals surface area contributed by atoms with Crippen molar-refractivity contribution in [3.63, 3.8) is 0 Å². The molecule has 0 spiro atoms. The topological polar surface area (TPSA) is 89.8 Å². The Kier molecular flexibility index (Phi) is 6.45. The van der Waals surface area contributed by atoms with Gasteiger partial charge in [-0.2, -0.15) is 0 Å². The summed E-state index contributed by atoms with van der Waals surface area (Å²) in [5.41, 5.74) is 1.70. The van der Waals surface area contributed by atoms with Gasteiger partial charge >= 0.3 is 0 Å². The molecule has 176 valence electrons. The number of hydrogen-bond donors (Lipinski definition) is 2. The first-order valence-electron chi connectivity index (χ1n) is 11.1. The van der Waals surface area contributed by atoms with Crippen LogP contribution < -0.4 is 20.1 Å². The third-order valence-corrected chi connectivity index (χ3v) is 5.69. The normalized spacial score (nSPS) is 16.7. The maximum atomic E-state index is 13.5. The molecule has 0 radical (unpaired) electrons. The highest BCUT2D eigenvalue weighted by molar-refractivity contribution is 6.05. The predicted octanol–water partition coefficient (Wildman–Crippen LogP) is 4.79. The molecule has 1 aliphatic heterocycles. The molecule has 1 unspecified atom stereocenters. The summed E-state index contributed by atoms with van der Waals surface area (Å²) in [5.74, 6) is 0.989.